The summed E-state index contributed by atoms with van der Waals surface area (Å²) in [5.74, 6) is 1.06. The van der Waals surface area contributed by atoms with E-state index in [0.717, 1.165) is 12.3 Å². The summed E-state index contributed by atoms with van der Waals surface area (Å²) in [6.07, 6.45) is -3.79. The molecular weight excluding hydrogens is 485 g/mol. The predicted molar refractivity (Wildman–Crippen MR) is 113 cm³/mol. The molecule has 0 spiro atoms. The lowest BCUT2D eigenvalue weighted by molar-refractivity contribution is -0.141. The zero-order valence-electron chi connectivity index (χ0n) is 16.7. The van der Waals surface area contributed by atoms with E-state index in [9.17, 15) is 18.0 Å². The Morgan fingerprint density at radius 2 is 2.12 bits per heavy atom. The number of alkyl halides is 3. The van der Waals surface area contributed by atoms with Crippen molar-refractivity contribution in [2.75, 3.05) is 7.11 Å². The summed E-state index contributed by atoms with van der Waals surface area (Å²) in [4.78, 5) is 28.1. The van der Waals surface area contributed by atoms with Crippen LogP contribution in [-0.4, -0.2) is 35.4 Å². The van der Waals surface area contributed by atoms with Crippen LogP contribution in [0.25, 0.3) is 10.6 Å². The summed E-state index contributed by atoms with van der Waals surface area (Å²) in [6, 6.07) is 7.09. The van der Waals surface area contributed by atoms with Gasteiger partial charge in [0.25, 0.3) is 0 Å². The molecule has 1 N–H and O–H groups in total. The minimum atomic E-state index is -4.52. The fourth-order valence-electron chi connectivity index (χ4n) is 2.81. The van der Waals surface area contributed by atoms with E-state index in [1.54, 1.807) is 18.2 Å². The lowest BCUT2D eigenvalue weighted by Crippen LogP contribution is -2.19. The number of rotatable bonds is 7. The zero-order chi connectivity index (χ0) is 23.6. The van der Waals surface area contributed by atoms with E-state index in [-0.39, 0.29) is 6.61 Å². The number of ether oxygens (including phenoxy) is 2. The topological polar surface area (TPSA) is 94.9 Å². The van der Waals surface area contributed by atoms with Gasteiger partial charge in [-0.1, -0.05) is 11.6 Å². The fraction of sp³-hybridized carbons (Fsp3) is 0.200. The van der Waals surface area contributed by atoms with Gasteiger partial charge in [0.2, 0.25) is 12.1 Å². The summed E-state index contributed by atoms with van der Waals surface area (Å²) in [5.41, 5.74) is 2.51. The molecule has 8 nitrogen and oxygen atoms in total. The van der Waals surface area contributed by atoms with Crippen LogP contribution in [-0.2, 0) is 22.4 Å². The van der Waals surface area contributed by atoms with Crippen LogP contribution in [0.5, 0.6) is 11.6 Å². The minimum Gasteiger partial charge on any atom is -0.488 e. The van der Waals surface area contributed by atoms with Crippen LogP contribution in [0.3, 0.4) is 0 Å². The number of carbonyl (C=O) groups is 1. The molecule has 1 aliphatic rings. The molecule has 0 aliphatic carbocycles. The molecule has 1 aliphatic heterocycles. The number of halogens is 4. The first-order valence-corrected chi connectivity index (χ1v) is 10.4. The number of benzene rings is 1. The van der Waals surface area contributed by atoms with Gasteiger partial charge in [-0.2, -0.15) is 13.2 Å². The van der Waals surface area contributed by atoms with Gasteiger partial charge in [-0.3, -0.25) is 9.78 Å². The van der Waals surface area contributed by atoms with Gasteiger partial charge in [-0.15, -0.1) is 11.3 Å². The minimum absolute atomic E-state index is 0.0834. The van der Waals surface area contributed by atoms with E-state index in [1.807, 2.05) is 0 Å². The van der Waals surface area contributed by atoms with Crippen molar-refractivity contribution in [3.05, 3.63) is 57.7 Å². The first-order valence-electron chi connectivity index (χ1n) is 9.23. The Bertz CT molecular complexity index is 1200. The molecule has 3 aromatic rings. The lowest BCUT2D eigenvalue weighted by atomic mass is 10.2. The van der Waals surface area contributed by atoms with Gasteiger partial charge < -0.3 is 9.47 Å². The van der Waals surface area contributed by atoms with Crippen molar-refractivity contribution in [3.63, 3.8) is 0 Å². The predicted octanol–water partition coefficient (Wildman–Crippen LogP) is 4.27. The maximum Gasteiger partial charge on any atom is 0.433 e. The Balaban J connectivity index is 1.48. The van der Waals surface area contributed by atoms with Crippen molar-refractivity contribution in [2.24, 2.45) is 4.99 Å². The lowest BCUT2D eigenvalue weighted by Gasteiger charge is -2.09. The molecule has 172 valence electrons. The van der Waals surface area contributed by atoms with Gasteiger partial charge in [-0.25, -0.2) is 20.3 Å². The second kappa shape index (κ2) is 9.33. The quantitative estimate of drug-likeness (QED) is 0.486. The number of aliphatic imine (C=N–C) groups is 1. The number of thiazole rings is 1. The molecule has 0 radical (unpaired) electrons. The third kappa shape index (κ3) is 5.07. The Morgan fingerprint density at radius 1 is 1.30 bits per heavy atom. The van der Waals surface area contributed by atoms with Crippen LogP contribution < -0.4 is 15.0 Å². The molecule has 0 saturated carbocycles. The first kappa shape index (κ1) is 23.0. The summed E-state index contributed by atoms with van der Waals surface area (Å²) in [6.45, 7) is 0.0834. The molecule has 0 amide bonds. The monoisotopic (exact) mass is 498 g/mol. The number of hydroxylamine groups is 1. The van der Waals surface area contributed by atoms with Gasteiger partial charge in [0.05, 0.1) is 12.1 Å². The molecular formula is C20H14ClF3N4O4S. The number of hydrogen-bond acceptors (Lipinski definition) is 9. The number of carbonyl (C=O) groups excluding carboxylic acids is 1. The molecule has 0 saturated heterocycles. The highest BCUT2D eigenvalue weighted by atomic mass is 35.5. The number of aromatic nitrogens is 2. The van der Waals surface area contributed by atoms with E-state index in [0.29, 0.717) is 49.8 Å². The molecule has 1 aromatic carbocycles. The number of nitrogens with zero attached hydrogens (tertiary/aromatic N) is 3. The fourth-order valence-corrected chi connectivity index (χ4v) is 4.00. The first-order chi connectivity index (χ1) is 15.8. The largest absolute Gasteiger partial charge is 0.488 e. The zero-order valence-corrected chi connectivity index (χ0v) is 18.3. The van der Waals surface area contributed by atoms with Gasteiger partial charge in [0, 0.05) is 17.3 Å². The third-order valence-corrected chi connectivity index (χ3v) is 5.74. The summed E-state index contributed by atoms with van der Waals surface area (Å²) in [5, 5.41) is 0.761. The molecule has 1 unspecified atom stereocenters. The van der Waals surface area contributed by atoms with Gasteiger partial charge >= 0.3 is 6.18 Å². The van der Waals surface area contributed by atoms with Crippen LogP contribution >= 0.6 is 22.9 Å². The maximum absolute atomic E-state index is 12.7. The normalized spacial score (nSPS) is 15.7. The average Bonchev–Trinajstić information content (AvgIpc) is 3.44. The Kier molecular flexibility index (Phi) is 6.49. The van der Waals surface area contributed by atoms with Gasteiger partial charge in [-0.05, 0) is 30.3 Å². The van der Waals surface area contributed by atoms with Crippen LogP contribution in [0.4, 0.5) is 13.2 Å². The maximum atomic E-state index is 12.7. The number of pyridine rings is 1. The summed E-state index contributed by atoms with van der Waals surface area (Å²) < 4.78 is 49.2. The van der Waals surface area contributed by atoms with Crippen molar-refractivity contribution < 1.29 is 32.3 Å². The second-order valence-corrected chi connectivity index (χ2v) is 8.03. The second-order valence-electron chi connectivity index (χ2n) is 6.54. The summed E-state index contributed by atoms with van der Waals surface area (Å²) in [7, 11) is 1.43. The van der Waals surface area contributed by atoms with Crippen molar-refractivity contribution in [1.29, 1.82) is 0 Å². The van der Waals surface area contributed by atoms with E-state index in [4.69, 9.17) is 25.9 Å². The van der Waals surface area contributed by atoms with Crippen LogP contribution in [0.2, 0.25) is 5.02 Å². The number of nitrogens with one attached hydrogen (secondary N) is 1. The third-order valence-electron chi connectivity index (χ3n) is 4.37. The average molecular weight is 499 g/mol. The molecule has 33 heavy (non-hydrogen) atoms. The molecule has 3 heterocycles. The van der Waals surface area contributed by atoms with E-state index in [1.165, 1.54) is 24.5 Å². The molecule has 0 bridgehead atoms. The number of hydrogen-bond donors (Lipinski definition) is 1. The van der Waals surface area contributed by atoms with Gasteiger partial charge in [0.15, 0.2) is 12.1 Å². The highest BCUT2D eigenvalue weighted by molar-refractivity contribution is 7.15. The van der Waals surface area contributed by atoms with Crippen molar-refractivity contribution in [3.8, 4) is 22.2 Å². The van der Waals surface area contributed by atoms with E-state index < -0.39 is 18.1 Å². The van der Waals surface area contributed by atoms with Crippen LogP contribution in [0.1, 0.15) is 16.1 Å². The number of amidine groups is 1. The molecule has 4 rings (SSSR count). The van der Waals surface area contributed by atoms with Crippen molar-refractivity contribution in [1.82, 2.24) is 15.4 Å². The van der Waals surface area contributed by atoms with E-state index >= 15 is 0 Å². The Hall–Kier alpha value is -3.22. The van der Waals surface area contributed by atoms with Crippen molar-refractivity contribution in [2.45, 2.75) is 19.0 Å². The molecule has 13 heteroatoms. The standard InChI is InChI=1S/C20H14ClF3N4O4S/c1-30-18-14(33-19(27-18)10-2-5-15(25-7-10)20(22,23)24)9-31-11-3-4-12(13(21)6-11)17-26-16(8-29)32-28-17/h2-8,16H,9H2,1H3,(H,26,28). The Labute approximate surface area is 194 Å². The molecule has 2 aromatic heterocycles. The molecule has 0 fully saturated rings. The highest BCUT2D eigenvalue weighted by Crippen LogP contribution is 2.35. The smallest absolute Gasteiger partial charge is 0.433 e. The van der Waals surface area contributed by atoms with E-state index in [2.05, 4.69) is 20.4 Å². The van der Waals surface area contributed by atoms with Crippen LogP contribution in [0.15, 0.2) is 41.5 Å². The highest BCUT2D eigenvalue weighted by Gasteiger charge is 2.32. The van der Waals surface area contributed by atoms with Crippen molar-refractivity contribution >= 4 is 35.1 Å². The Morgan fingerprint density at radius 3 is 2.73 bits per heavy atom. The SMILES string of the molecule is COc1nc(-c2ccc(C(F)(F)F)nc2)sc1COc1ccc(C2=NC(C=O)ON2)c(Cl)c1. The van der Waals surface area contributed by atoms with Gasteiger partial charge in [0.1, 0.15) is 27.9 Å². The number of aldehydes is 1. The molecule has 1 atom stereocenters. The summed E-state index contributed by atoms with van der Waals surface area (Å²) >= 11 is 7.51. The number of methoxy groups -OCH3 is 1. The van der Waals surface area contributed by atoms with Crippen LogP contribution in [0, 0.1) is 0 Å².